The highest BCUT2D eigenvalue weighted by atomic mass is 16.5. The van der Waals surface area contributed by atoms with Crippen LogP contribution in [-0.4, -0.2) is 25.7 Å². The number of nitrogens with one attached hydrogen (secondary N) is 1. The number of hydrogen-bond donors (Lipinski definition) is 1. The third-order valence-electron chi connectivity index (χ3n) is 3.05. The van der Waals surface area contributed by atoms with Crippen LogP contribution in [0.15, 0.2) is 0 Å². The van der Waals surface area contributed by atoms with Gasteiger partial charge in [0.15, 0.2) is 0 Å². The molecule has 15 heavy (non-hydrogen) atoms. The first-order valence-electron chi connectivity index (χ1n) is 5.94. The van der Waals surface area contributed by atoms with Crippen LogP contribution in [-0.2, 0) is 9.53 Å². The Balaban J connectivity index is 2.05. The third-order valence-corrected chi connectivity index (χ3v) is 3.05. The molecule has 0 spiro atoms. The van der Waals surface area contributed by atoms with Crippen molar-refractivity contribution in [2.45, 2.75) is 45.6 Å². The highest BCUT2D eigenvalue weighted by Gasteiger charge is 2.21. The Bertz CT molecular complexity index is 202. The summed E-state index contributed by atoms with van der Waals surface area (Å²) < 4.78 is 4.70. The fraction of sp³-hybridized carbons (Fsp3) is 0.917. The predicted octanol–water partition coefficient (Wildman–Crippen LogP) is 1.96. The molecule has 3 nitrogen and oxygen atoms in total. The van der Waals surface area contributed by atoms with Gasteiger partial charge in [0.1, 0.15) is 0 Å². The zero-order chi connectivity index (χ0) is 11.3. The van der Waals surface area contributed by atoms with Gasteiger partial charge in [-0.3, -0.25) is 4.79 Å². The molecule has 2 unspecified atom stereocenters. The van der Waals surface area contributed by atoms with Gasteiger partial charge >= 0.3 is 5.97 Å². The molecule has 0 amide bonds. The number of ether oxygens (including phenoxy) is 1. The minimum absolute atomic E-state index is 0.00146. The molecule has 1 saturated carbocycles. The fourth-order valence-electron chi connectivity index (χ4n) is 1.85. The average molecular weight is 213 g/mol. The normalized spacial score (nSPS) is 19.7. The van der Waals surface area contributed by atoms with Gasteiger partial charge < -0.3 is 10.1 Å². The zero-order valence-corrected chi connectivity index (χ0v) is 10.1. The van der Waals surface area contributed by atoms with Gasteiger partial charge in [-0.25, -0.2) is 0 Å². The molecule has 0 aromatic heterocycles. The molecule has 3 heteroatoms. The molecule has 0 aromatic rings. The molecule has 1 rings (SSSR count). The predicted molar refractivity (Wildman–Crippen MR) is 60.6 cm³/mol. The Morgan fingerprint density at radius 1 is 1.47 bits per heavy atom. The van der Waals surface area contributed by atoms with Gasteiger partial charge in [-0.05, 0) is 32.2 Å². The lowest BCUT2D eigenvalue weighted by Crippen LogP contribution is -2.31. The minimum atomic E-state index is -0.106. The Morgan fingerprint density at radius 3 is 2.67 bits per heavy atom. The van der Waals surface area contributed by atoms with E-state index in [1.165, 1.54) is 26.4 Å². The topological polar surface area (TPSA) is 38.3 Å². The quantitative estimate of drug-likeness (QED) is 0.657. The van der Waals surface area contributed by atoms with E-state index in [0.717, 1.165) is 18.9 Å². The summed E-state index contributed by atoms with van der Waals surface area (Å²) >= 11 is 0. The van der Waals surface area contributed by atoms with Crippen molar-refractivity contribution in [2.75, 3.05) is 13.7 Å². The van der Waals surface area contributed by atoms with Crippen LogP contribution < -0.4 is 5.32 Å². The van der Waals surface area contributed by atoms with Gasteiger partial charge in [-0.15, -0.1) is 0 Å². The van der Waals surface area contributed by atoms with Crippen LogP contribution in [0.1, 0.15) is 39.5 Å². The van der Waals surface area contributed by atoms with Crippen LogP contribution in [0.2, 0.25) is 0 Å². The number of carbonyl (C=O) groups is 1. The molecule has 1 N–H and O–H groups in total. The zero-order valence-electron chi connectivity index (χ0n) is 10.1. The van der Waals surface area contributed by atoms with Crippen LogP contribution in [0.25, 0.3) is 0 Å². The van der Waals surface area contributed by atoms with Crippen molar-refractivity contribution in [3.63, 3.8) is 0 Å². The lowest BCUT2D eigenvalue weighted by molar-refractivity contribution is -0.145. The standard InChI is InChI=1S/C12H23NO2/c1-9(12(14)15-3)8-10(2)13-7-6-11-4-5-11/h9-11,13H,4-8H2,1-3H3. The molecule has 1 aliphatic rings. The molecule has 0 bridgehead atoms. The van der Waals surface area contributed by atoms with E-state index >= 15 is 0 Å². The van der Waals surface area contributed by atoms with E-state index in [2.05, 4.69) is 12.2 Å². The van der Waals surface area contributed by atoms with E-state index in [-0.39, 0.29) is 11.9 Å². The highest BCUT2D eigenvalue weighted by molar-refractivity contribution is 5.71. The van der Waals surface area contributed by atoms with Gasteiger partial charge in [-0.1, -0.05) is 19.8 Å². The van der Waals surface area contributed by atoms with Crippen LogP contribution in [0.5, 0.6) is 0 Å². The number of methoxy groups -OCH3 is 1. The lowest BCUT2D eigenvalue weighted by Gasteiger charge is -2.17. The van der Waals surface area contributed by atoms with E-state index in [4.69, 9.17) is 4.74 Å². The van der Waals surface area contributed by atoms with Gasteiger partial charge in [0.25, 0.3) is 0 Å². The average Bonchev–Trinajstić information content (AvgIpc) is 3.00. The van der Waals surface area contributed by atoms with Crippen molar-refractivity contribution in [1.29, 1.82) is 0 Å². The van der Waals surface area contributed by atoms with E-state index in [1.807, 2.05) is 6.92 Å². The molecular formula is C12H23NO2. The third kappa shape index (κ3) is 5.17. The molecule has 0 aromatic carbocycles. The molecule has 0 radical (unpaired) electrons. The second-order valence-corrected chi connectivity index (χ2v) is 4.75. The van der Waals surface area contributed by atoms with Crippen LogP contribution in [0.3, 0.4) is 0 Å². The first-order valence-corrected chi connectivity index (χ1v) is 5.94. The van der Waals surface area contributed by atoms with E-state index in [9.17, 15) is 4.79 Å². The summed E-state index contributed by atoms with van der Waals surface area (Å²) in [7, 11) is 1.45. The number of carbonyl (C=O) groups excluding carboxylic acids is 1. The maximum Gasteiger partial charge on any atom is 0.308 e. The molecule has 1 fully saturated rings. The molecule has 88 valence electrons. The number of rotatable bonds is 7. The first-order chi connectivity index (χ1) is 7.13. The minimum Gasteiger partial charge on any atom is -0.469 e. The van der Waals surface area contributed by atoms with Crippen molar-refractivity contribution >= 4 is 5.97 Å². The summed E-state index contributed by atoms with van der Waals surface area (Å²) in [6, 6.07) is 0.401. The van der Waals surface area contributed by atoms with Gasteiger partial charge in [0.05, 0.1) is 13.0 Å². The van der Waals surface area contributed by atoms with E-state index in [1.54, 1.807) is 0 Å². The number of hydrogen-bond acceptors (Lipinski definition) is 3. The Labute approximate surface area is 92.6 Å². The second kappa shape index (κ2) is 6.11. The smallest absolute Gasteiger partial charge is 0.308 e. The molecule has 1 aliphatic carbocycles. The van der Waals surface area contributed by atoms with E-state index in [0.29, 0.717) is 6.04 Å². The SMILES string of the molecule is COC(=O)C(C)CC(C)NCCC1CC1. The Hall–Kier alpha value is -0.570. The van der Waals surface area contributed by atoms with Crippen molar-refractivity contribution in [3.8, 4) is 0 Å². The molecule has 0 aliphatic heterocycles. The van der Waals surface area contributed by atoms with Gasteiger partial charge in [0, 0.05) is 6.04 Å². The summed E-state index contributed by atoms with van der Waals surface area (Å²) in [5.41, 5.74) is 0. The van der Waals surface area contributed by atoms with Crippen LogP contribution in [0.4, 0.5) is 0 Å². The Kier molecular flexibility index (Phi) is 5.09. The van der Waals surface area contributed by atoms with Crippen molar-refractivity contribution in [3.05, 3.63) is 0 Å². The van der Waals surface area contributed by atoms with Gasteiger partial charge in [0.2, 0.25) is 0 Å². The van der Waals surface area contributed by atoms with Crippen molar-refractivity contribution in [1.82, 2.24) is 5.32 Å². The first kappa shape index (κ1) is 12.5. The summed E-state index contributed by atoms with van der Waals surface area (Å²) in [5, 5.41) is 3.46. The van der Waals surface area contributed by atoms with Crippen molar-refractivity contribution < 1.29 is 9.53 Å². The molecule has 0 saturated heterocycles. The summed E-state index contributed by atoms with van der Waals surface area (Å²) in [5.74, 6) is 0.868. The summed E-state index contributed by atoms with van der Waals surface area (Å²) in [6.07, 6.45) is 4.97. The summed E-state index contributed by atoms with van der Waals surface area (Å²) in [6.45, 7) is 5.14. The lowest BCUT2D eigenvalue weighted by atomic mass is 10.0. The molecule has 2 atom stereocenters. The summed E-state index contributed by atoms with van der Waals surface area (Å²) in [4.78, 5) is 11.2. The van der Waals surface area contributed by atoms with E-state index < -0.39 is 0 Å². The van der Waals surface area contributed by atoms with Crippen molar-refractivity contribution in [2.24, 2.45) is 11.8 Å². The monoisotopic (exact) mass is 213 g/mol. The molecule has 0 heterocycles. The van der Waals surface area contributed by atoms with Gasteiger partial charge in [-0.2, -0.15) is 0 Å². The largest absolute Gasteiger partial charge is 0.469 e. The number of esters is 1. The highest BCUT2D eigenvalue weighted by Crippen LogP contribution is 2.31. The maximum absolute atomic E-state index is 11.2. The molecular weight excluding hydrogens is 190 g/mol. The maximum atomic E-state index is 11.2. The Morgan fingerprint density at radius 2 is 2.13 bits per heavy atom. The fourth-order valence-corrected chi connectivity index (χ4v) is 1.85. The van der Waals surface area contributed by atoms with Crippen LogP contribution >= 0.6 is 0 Å². The second-order valence-electron chi connectivity index (χ2n) is 4.75. The van der Waals surface area contributed by atoms with Crippen LogP contribution in [0, 0.1) is 11.8 Å².